The zero-order chi connectivity index (χ0) is 21.8. The van der Waals surface area contributed by atoms with Crippen LogP contribution in [0.25, 0.3) is 10.9 Å². The molecule has 1 aromatic heterocycles. The minimum Gasteiger partial charge on any atom is -0.497 e. The van der Waals surface area contributed by atoms with Crippen LogP contribution in [-0.4, -0.2) is 46.5 Å². The second kappa shape index (κ2) is 8.64. The van der Waals surface area contributed by atoms with Crippen LogP contribution in [0, 0.1) is 0 Å². The maximum Gasteiger partial charge on any atom is 0.349 e. The van der Waals surface area contributed by atoms with Crippen molar-refractivity contribution in [3.8, 4) is 34.5 Å². The quantitative estimate of drug-likeness (QED) is 0.464. The molecule has 0 bridgehead atoms. The van der Waals surface area contributed by atoms with Crippen LogP contribution >= 0.6 is 0 Å². The van der Waals surface area contributed by atoms with Gasteiger partial charge in [0.25, 0.3) is 0 Å². The number of ether oxygens (including phenoxy) is 6. The van der Waals surface area contributed by atoms with E-state index in [0.29, 0.717) is 28.5 Å². The van der Waals surface area contributed by atoms with E-state index in [-0.39, 0.29) is 22.4 Å². The van der Waals surface area contributed by atoms with E-state index in [1.54, 1.807) is 12.1 Å². The van der Waals surface area contributed by atoms with Crippen LogP contribution in [0.1, 0.15) is 10.4 Å². The number of aromatic amines is 1. The van der Waals surface area contributed by atoms with Gasteiger partial charge in [-0.3, -0.25) is 4.79 Å². The Morgan fingerprint density at radius 3 is 1.90 bits per heavy atom. The van der Waals surface area contributed by atoms with Crippen molar-refractivity contribution in [2.45, 2.75) is 0 Å². The Kier molecular flexibility index (Phi) is 6.01. The molecular formula is C21H21NO8. The maximum absolute atomic E-state index is 13.0. The van der Waals surface area contributed by atoms with E-state index >= 15 is 0 Å². The molecule has 9 heteroatoms. The van der Waals surface area contributed by atoms with Crippen molar-refractivity contribution < 1.29 is 33.2 Å². The molecule has 0 saturated heterocycles. The molecule has 0 radical (unpaired) electrons. The number of aromatic nitrogens is 1. The van der Waals surface area contributed by atoms with Crippen molar-refractivity contribution in [1.29, 1.82) is 0 Å². The predicted molar refractivity (Wildman–Crippen MR) is 109 cm³/mol. The number of carbonyl (C=O) groups excluding carboxylic acids is 1. The Morgan fingerprint density at radius 1 is 0.767 bits per heavy atom. The molecule has 0 aliphatic carbocycles. The smallest absolute Gasteiger partial charge is 0.349 e. The number of benzene rings is 2. The first-order valence-corrected chi connectivity index (χ1v) is 8.77. The highest BCUT2D eigenvalue weighted by molar-refractivity contribution is 5.96. The third kappa shape index (κ3) is 3.69. The summed E-state index contributed by atoms with van der Waals surface area (Å²) < 4.78 is 31.6. The lowest BCUT2D eigenvalue weighted by Crippen LogP contribution is -2.20. The first kappa shape index (κ1) is 20.8. The van der Waals surface area contributed by atoms with Crippen LogP contribution in [0.3, 0.4) is 0 Å². The fourth-order valence-corrected chi connectivity index (χ4v) is 3.00. The average Bonchev–Trinajstić information content (AvgIpc) is 2.77. The van der Waals surface area contributed by atoms with Gasteiger partial charge in [0.15, 0.2) is 11.5 Å². The van der Waals surface area contributed by atoms with Crippen LogP contribution in [0.15, 0.2) is 35.3 Å². The number of H-pyrrole nitrogens is 1. The molecule has 0 unspecified atom stereocenters. The van der Waals surface area contributed by atoms with Crippen LogP contribution < -0.4 is 33.8 Å². The fraction of sp³-hybridized carbons (Fsp3) is 0.238. The van der Waals surface area contributed by atoms with E-state index in [4.69, 9.17) is 28.4 Å². The molecule has 2 aromatic carbocycles. The second-order valence-electron chi connectivity index (χ2n) is 6.03. The van der Waals surface area contributed by atoms with Crippen molar-refractivity contribution in [1.82, 2.24) is 4.98 Å². The largest absolute Gasteiger partial charge is 0.497 e. The van der Waals surface area contributed by atoms with Gasteiger partial charge in [0, 0.05) is 30.5 Å². The van der Waals surface area contributed by atoms with Gasteiger partial charge in [-0.15, -0.1) is 0 Å². The summed E-state index contributed by atoms with van der Waals surface area (Å²) in [6.07, 6.45) is 1.28. The van der Waals surface area contributed by atoms with E-state index < -0.39 is 11.4 Å². The highest BCUT2D eigenvalue weighted by Crippen LogP contribution is 2.41. The van der Waals surface area contributed by atoms with Crippen LogP contribution in [-0.2, 0) is 0 Å². The molecule has 1 heterocycles. The lowest BCUT2D eigenvalue weighted by molar-refractivity contribution is 0.0732. The van der Waals surface area contributed by atoms with Crippen LogP contribution in [0.2, 0.25) is 0 Å². The van der Waals surface area contributed by atoms with Crippen molar-refractivity contribution in [2.24, 2.45) is 0 Å². The number of hydrogen-bond acceptors (Lipinski definition) is 8. The molecule has 0 spiro atoms. The second-order valence-corrected chi connectivity index (χ2v) is 6.03. The summed E-state index contributed by atoms with van der Waals surface area (Å²) in [5, 5.41) is 0.206. The zero-order valence-electron chi connectivity index (χ0n) is 17.2. The molecule has 0 atom stereocenters. The monoisotopic (exact) mass is 415 g/mol. The maximum atomic E-state index is 13.0. The van der Waals surface area contributed by atoms with Gasteiger partial charge in [0.2, 0.25) is 11.2 Å². The van der Waals surface area contributed by atoms with Gasteiger partial charge >= 0.3 is 5.97 Å². The van der Waals surface area contributed by atoms with Gasteiger partial charge in [0.1, 0.15) is 22.8 Å². The summed E-state index contributed by atoms with van der Waals surface area (Å²) in [5.74, 6) is 1.00. The zero-order valence-corrected chi connectivity index (χ0v) is 17.2. The van der Waals surface area contributed by atoms with E-state index in [9.17, 15) is 9.59 Å². The van der Waals surface area contributed by atoms with Gasteiger partial charge in [-0.05, 0) is 0 Å². The summed E-state index contributed by atoms with van der Waals surface area (Å²) in [5.41, 5.74) is -0.277. The molecule has 0 aliphatic heterocycles. The van der Waals surface area contributed by atoms with Crippen LogP contribution in [0.5, 0.6) is 34.5 Å². The number of carbonyl (C=O) groups is 1. The van der Waals surface area contributed by atoms with Crippen LogP contribution in [0.4, 0.5) is 0 Å². The van der Waals surface area contributed by atoms with Crippen molar-refractivity contribution in [3.05, 3.63) is 46.2 Å². The summed E-state index contributed by atoms with van der Waals surface area (Å²) in [6.45, 7) is 0. The number of hydrogen-bond donors (Lipinski definition) is 1. The number of methoxy groups -OCH3 is 5. The topological polar surface area (TPSA) is 105 Å². The van der Waals surface area contributed by atoms with E-state index in [1.807, 2.05) is 0 Å². The van der Waals surface area contributed by atoms with Gasteiger partial charge in [-0.25, -0.2) is 4.79 Å². The Hall–Kier alpha value is -3.88. The summed E-state index contributed by atoms with van der Waals surface area (Å²) in [4.78, 5) is 28.6. The predicted octanol–water partition coefficient (Wildman–Crippen LogP) is 2.79. The third-order valence-corrected chi connectivity index (χ3v) is 4.44. The number of esters is 1. The molecule has 0 amide bonds. The molecule has 158 valence electrons. The van der Waals surface area contributed by atoms with Gasteiger partial charge in [-0.1, -0.05) is 0 Å². The van der Waals surface area contributed by atoms with Gasteiger partial charge in [-0.2, -0.15) is 0 Å². The van der Waals surface area contributed by atoms with E-state index in [1.165, 1.54) is 53.9 Å². The van der Waals surface area contributed by atoms with E-state index in [2.05, 4.69) is 4.98 Å². The highest BCUT2D eigenvalue weighted by Gasteiger charge is 2.21. The Balaban J connectivity index is 2.04. The first-order valence-electron chi connectivity index (χ1n) is 8.77. The first-order chi connectivity index (χ1) is 14.5. The molecule has 1 N–H and O–H groups in total. The molecule has 30 heavy (non-hydrogen) atoms. The third-order valence-electron chi connectivity index (χ3n) is 4.44. The Bertz CT molecular complexity index is 1130. The number of nitrogens with one attached hydrogen (secondary N) is 1. The summed E-state index contributed by atoms with van der Waals surface area (Å²) in [6, 6.07) is 6.11. The molecule has 0 saturated carbocycles. The average molecular weight is 415 g/mol. The van der Waals surface area contributed by atoms with Crippen molar-refractivity contribution in [2.75, 3.05) is 35.5 Å². The fourth-order valence-electron chi connectivity index (χ4n) is 3.00. The highest BCUT2D eigenvalue weighted by atomic mass is 16.5. The molecule has 3 aromatic rings. The summed E-state index contributed by atoms with van der Waals surface area (Å²) >= 11 is 0. The minimum atomic E-state index is -0.856. The van der Waals surface area contributed by atoms with Crippen molar-refractivity contribution in [3.63, 3.8) is 0 Å². The standard InChI is InChI=1S/C21H21NO8/c1-25-11-6-14-18(15(7-11)26-2)19(23)13(10-22-14)21(24)30-12-8-16(27-3)20(29-5)17(9-12)28-4/h6-10H,1-5H3,(H,22,23). The SMILES string of the molecule is COc1cc(OC)c2c(=O)c(C(=O)Oc3cc(OC)c(OC)c(OC)c3)c[nH]c2c1. The lowest BCUT2D eigenvalue weighted by Gasteiger charge is -2.14. The Labute approximate surface area is 172 Å². The normalized spacial score (nSPS) is 10.4. The minimum absolute atomic E-state index is 0.121. The van der Waals surface area contributed by atoms with Gasteiger partial charge < -0.3 is 33.4 Å². The molecule has 0 fully saturated rings. The summed E-state index contributed by atoms with van der Waals surface area (Å²) in [7, 11) is 7.27. The Morgan fingerprint density at radius 2 is 1.37 bits per heavy atom. The van der Waals surface area contributed by atoms with E-state index in [0.717, 1.165) is 0 Å². The number of rotatable bonds is 7. The van der Waals surface area contributed by atoms with Crippen molar-refractivity contribution >= 4 is 16.9 Å². The number of fused-ring (bicyclic) bond motifs is 1. The molecule has 3 rings (SSSR count). The van der Waals surface area contributed by atoms with Gasteiger partial charge in [0.05, 0.1) is 46.5 Å². The molecular weight excluding hydrogens is 394 g/mol. The lowest BCUT2D eigenvalue weighted by atomic mass is 10.1. The number of pyridine rings is 1. The molecule has 9 nitrogen and oxygen atoms in total. The molecule has 0 aliphatic rings.